The molecule has 8 heteroatoms. The standard InChI is InChI=1S/C21H33F3N2O3/c1-3-16(27)11(2)19(28)25-14-5-4-6-15(14)26-20(29)17-12-7-9-13(10-8-12)18(17)21(22,23)24/h11-18,27H,3-10H2,1-2H3,(H,25,28)(H,26,29)/t11?,12?,13?,14-,15-,16?,17+,18+/m1/s1. The topological polar surface area (TPSA) is 78.4 Å². The predicted octanol–water partition coefficient (Wildman–Crippen LogP) is 3.16. The van der Waals surface area contributed by atoms with Crippen molar-refractivity contribution in [3.8, 4) is 0 Å². The molecule has 166 valence electrons. The minimum Gasteiger partial charge on any atom is -0.392 e. The van der Waals surface area contributed by atoms with E-state index >= 15 is 0 Å². The zero-order valence-electron chi connectivity index (χ0n) is 17.2. The monoisotopic (exact) mass is 418 g/mol. The summed E-state index contributed by atoms with van der Waals surface area (Å²) in [5, 5.41) is 15.6. The van der Waals surface area contributed by atoms with Crippen LogP contribution in [-0.4, -0.2) is 41.3 Å². The highest BCUT2D eigenvalue weighted by Gasteiger charge is 2.58. The highest BCUT2D eigenvalue weighted by atomic mass is 19.4. The van der Waals surface area contributed by atoms with E-state index in [1.54, 1.807) is 13.8 Å². The lowest BCUT2D eigenvalue weighted by atomic mass is 9.58. The van der Waals surface area contributed by atoms with Gasteiger partial charge in [-0.1, -0.05) is 13.8 Å². The molecule has 0 radical (unpaired) electrons. The van der Waals surface area contributed by atoms with Crippen molar-refractivity contribution in [3.05, 3.63) is 0 Å². The maximum Gasteiger partial charge on any atom is 0.392 e. The Hall–Kier alpha value is -1.31. The normalized spacial score (nSPS) is 36.5. The molecule has 0 heterocycles. The van der Waals surface area contributed by atoms with Gasteiger partial charge < -0.3 is 15.7 Å². The first-order chi connectivity index (χ1) is 13.6. The third-order valence-electron chi connectivity index (χ3n) is 7.48. The van der Waals surface area contributed by atoms with Gasteiger partial charge in [0.2, 0.25) is 11.8 Å². The van der Waals surface area contributed by atoms with Gasteiger partial charge in [0.1, 0.15) is 0 Å². The van der Waals surface area contributed by atoms with Crippen LogP contribution in [0.15, 0.2) is 0 Å². The molecule has 0 aromatic heterocycles. The van der Waals surface area contributed by atoms with E-state index in [0.29, 0.717) is 44.9 Å². The summed E-state index contributed by atoms with van der Waals surface area (Å²) >= 11 is 0. The summed E-state index contributed by atoms with van der Waals surface area (Å²) in [6.07, 6.45) is -0.0573. The predicted molar refractivity (Wildman–Crippen MR) is 102 cm³/mol. The van der Waals surface area contributed by atoms with Crippen molar-refractivity contribution in [2.24, 2.45) is 29.6 Å². The van der Waals surface area contributed by atoms with E-state index in [-0.39, 0.29) is 23.9 Å². The van der Waals surface area contributed by atoms with Crippen LogP contribution in [-0.2, 0) is 9.59 Å². The molecule has 4 saturated carbocycles. The zero-order valence-corrected chi connectivity index (χ0v) is 17.2. The van der Waals surface area contributed by atoms with E-state index in [2.05, 4.69) is 10.6 Å². The van der Waals surface area contributed by atoms with Crippen molar-refractivity contribution in [2.75, 3.05) is 0 Å². The molecule has 0 saturated heterocycles. The molecule has 5 nitrogen and oxygen atoms in total. The van der Waals surface area contributed by atoms with Crippen LogP contribution in [0.3, 0.4) is 0 Å². The Bertz CT molecular complexity index is 604. The second kappa shape index (κ2) is 8.82. The van der Waals surface area contributed by atoms with E-state index < -0.39 is 41.9 Å². The highest BCUT2D eigenvalue weighted by Crippen LogP contribution is 2.54. The summed E-state index contributed by atoms with van der Waals surface area (Å²) in [6.45, 7) is 3.45. The maximum atomic E-state index is 13.7. The van der Waals surface area contributed by atoms with Crippen LogP contribution in [0.25, 0.3) is 0 Å². The molecule has 4 aliphatic rings. The SMILES string of the molecule is CCC(O)C(C)C(=O)N[C@@H]1CCC[C@H]1NC(=O)[C@H]1C2CCC(CC2)[C@@H]1C(F)(F)F. The smallest absolute Gasteiger partial charge is 0.392 e. The molecule has 2 amide bonds. The molecule has 0 aromatic carbocycles. The van der Waals surface area contributed by atoms with Crippen LogP contribution in [0.4, 0.5) is 13.2 Å². The van der Waals surface area contributed by atoms with Gasteiger partial charge >= 0.3 is 6.18 Å². The number of rotatable bonds is 6. The second-order valence-electron chi connectivity index (χ2n) is 9.19. The van der Waals surface area contributed by atoms with Gasteiger partial charge in [0, 0.05) is 12.1 Å². The van der Waals surface area contributed by atoms with Crippen LogP contribution in [0.1, 0.15) is 65.2 Å². The van der Waals surface area contributed by atoms with Crippen LogP contribution < -0.4 is 10.6 Å². The van der Waals surface area contributed by atoms with Gasteiger partial charge in [-0.2, -0.15) is 13.2 Å². The van der Waals surface area contributed by atoms with Crippen molar-refractivity contribution in [3.63, 3.8) is 0 Å². The summed E-state index contributed by atoms with van der Waals surface area (Å²) in [5.74, 6) is -4.58. The fourth-order valence-corrected chi connectivity index (χ4v) is 5.72. The Labute approximate surface area is 170 Å². The fraction of sp³-hybridized carbons (Fsp3) is 0.905. The number of hydrogen-bond donors (Lipinski definition) is 3. The van der Waals surface area contributed by atoms with E-state index in [1.807, 2.05) is 0 Å². The first-order valence-corrected chi connectivity index (χ1v) is 11.0. The Kier molecular flexibility index (Phi) is 6.81. The molecular weight excluding hydrogens is 385 g/mol. The van der Waals surface area contributed by atoms with Crippen molar-refractivity contribution in [2.45, 2.75) is 89.6 Å². The number of aliphatic hydroxyl groups is 1. The Morgan fingerprint density at radius 1 is 1.00 bits per heavy atom. The second-order valence-corrected chi connectivity index (χ2v) is 9.19. The van der Waals surface area contributed by atoms with Gasteiger partial charge in [-0.25, -0.2) is 0 Å². The Morgan fingerprint density at radius 3 is 2.10 bits per heavy atom. The Morgan fingerprint density at radius 2 is 1.55 bits per heavy atom. The number of amides is 2. The minimum atomic E-state index is -4.36. The molecule has 2 bridgehead atoms. The van der Waals surface area contributed by atoms with Crippen LogP contribution in [0, 0.1) is 29.6 Å². The quantitative estimate of drug-likeness (QED) is 0.620. The number of carbonyl (C=O) groups excluding carboxylic acids is 2. The lowest BCUT2D eigenvalue weighted by Gasteiger charge is -2.48. The van der Waals surface area contributed by atoms with Crippen LogP contribution in [0.5, 0.6) is 0 Å². The molecule has 2 unspecified atom stereocenters. The maximum absolute atomic E-state index is 13.7. The molecule has 0 aliphatic heterocycles. The van der Waals surface area contributed by atoms with Gasteiger partial charge in [0.25, 0.3) is 0 Å². The van der Waals surface area contributed by atoms with Crippen molar-refractivity contribution in [1.82, 2.24) is 10.6 Å². The molecule has 4 aliphatic carbocycles. The molecule has 6 atom stereocenters. The Balaban J connectivity index is 1.65. The van der Waals surface area contributed by atoms with Crippen molar-refractivity contribution in [1.29, 1.82) is 0 Å². The lowest BCUT2D eigenvalue weighted by molar-refractivity contribution is -0.229. The fourth-order valence-electron chi connectivity index (χ4n) is 5.72. The molecule has 0 aromatic rings. The molecule has 3 N–H and O–H groups in total. The van der Waals surface area contributed by atoms with Crippen LogP contribution >= 0.6 is 0 Å². The van der Waals surface area contributed by atoms with Gasteiger partial charge in [-0.05, 0) is 63.2 Å². The third-order valence-corrected chi connectivity index (χ3v) is 7.48. The minimum absolute atomic E-state index is 0.208. The summed E-state index contributed by atoms with van der Waals surface area (Å²) in [6, 6.07) is -0.658. The van der Waals surface area contributed by atoms with E-state index in [1.165, 1.54) is 0 Å². The first kappa shape index (κ1) is 22.4. The summed E-state index contributed by atoms with van der Waals surface area (Å²) < 4.78 is 41.1. The van der Waals surface area contributed by atoms with Gasteiger partial charge in [-0.15, -0.1) is 0 Å². The summed E-state index contributed by atoms with van der Waals surface area (Å²) in [4.78, 5) is 25.3. The molecule has 0 spiro atoms. The molecule has 4 fully saturated rings. The van der Waals surface area contributed by atoms with E-state index in [9.17, 15) is 27.9 Å². The summed E-state index contributed by atoms with van der Waals surface area (Å²) in [5.41, 5.74) is 0. The molecule has 4 rings (SSSR count). The van der Waals surface area contributed by atoms with Crippen molar-refractivity contribution >= 4 is 11.8 Å². The van der Waals surface area contributed by atoms with E-state index in [0.717, 1.165) is 6.42 Å². The van der Waals surface area contributed by atoms with Gasteiger partial charge in [-0.3, -0.25) is 9.59 Å². The number of nitrogens with one attached hydrogen (secondary N) is 2. The van der Waals surface area contributed by atoms with Crippen molar-refractivity contribution < 1.29 is 27.9 Å². The molecular formula is C21H33F3N2O3. The third kappa shape index (κ3) is 4.72. The number of fused-ring (bicyclic) bond motifs is 3. The number of aliphatic hydroxyl groups excluding tert-OH is 1. The van der Waals surface area contributed by atoms with E-state index in [4.69, 9.17) is 0 Å². The summed E-state index contributed by atoms with van der Waals surface area (Å²) in [7, 11) is 0. The molecule has 29 heavy (non-hydrogen) atoms. The number of halogens is 3. The average molecular weight is 419 g/mol. The number of hydrogen-bond acceptors (Lipinski definition) is 3. The highest BCUT2D eigenvalue weighted by molar-refractivity contribution is 5.81. The van der Waals surface area contributed by atoms with Gasteiger partial charge in [0.15, 0.2) is 0 Å². The number of carbonyl (C=O) groups is 2. The van der Waals surface area contributed by atoms with Gasteiger partial charge in [0.05, 0.1) is 23.9 Å². The van der Waals surface area contributed by atoms with Crippen LogP contribution in [0.2, 0.25) is 0 Å². The lowest BCUT2D eigenvalue weighted by Crippen LogP contribution is -2.57. The number of alkyl halides is 3. The first-order valence-electron chi connectivity index (χ1n) is 11.0. The largest absolute Gasteiger partial charge is 0.392 e. The zero-order chi connectivity index (χ0) is 21.3. The average Bonchev–Trinajstić information content (AvgIpc) is 3.12.